The van der Waals surface area contributed by atoms with Crippen LogP contribution in [-0.2, 0) is 4.74 Å². The van der Waals surface area contributed by atoms with E-state index in [0.717, 1.165) is 5.57 Å². The first-order valence-electron chi connectivity index (χ1n) is 5.44. The molecule has 0 fully saturated rings. The van der Waals surface area contributed by atoms with Gasteiger partial charge in [-0.05, 0) is 30.6 Å². The number of halogens is 1. The summed E-state index contributed by atoms with van der Waals surface area (Å²) in [5.74, 6) is 1.60. The Labute approximate surface area is 106 Å². The Morgan fingerprint density at radius 1 is 1.59 bits per heavy atom. The summed E-state index contributed by atoms with van der Waals surface area (Å²) in [5.41, 5.74) is 1.52. The zero-order chi connectivity index (χ0) is 13.0. The molecule has 0 radical (unpaired) electrons. The van der Waals surface area contributed by atoms with Crippen LogP contribution in [0.3, 0.4) is 0 Å². The molecule has 0 saturated carbocycles. The Balaban J connectivity index is 3.05. The summed E-state index contributed by atoms with van der Waals surface area (Å²) < 4.78 is 10.1. The number of hydrogen-bond donors (Lipinski definition) is 0. The SMILES string of the molecule is COC(=O)c1cc(C=C(CCl)C(C)C)oc1C. The van der Waals surface area contributed by atoms with E-state index in [9.17, 15) is 4.79 Å². The lowest BCUT2D eigenvalue weighted by Crippen LogP contribution is -2.00. The number of esters is 1. The van der Waals surface area contributed by atoms with Crippen molar-refractivity contribution < 1.29 is 13.9 Å². The van der Waals surface area contributed by atoms with Gasteiger partial charge in [-0.1, -0.05) is 13.8 Å². The van der Waals surface area contributed by atoms with Crippen molar-refractivity contribution in [3.8, 4) is 0 Å². The molecule has 0 atom stereocenters. The number of furan rings is 1. The average Bonchev–Trinajstić information content (AvgIpc) is 2.65. The maximum absolute atomic E-state index is 11.4. The van der Waals surface area contributed by atoms with Gasteiger partial charge in [0, 0.05) is 5.88 Å². The van der Waals surface area contributed by atoms with Gasteiger partial charge < -0.3 is 9.15 Å². The molecule has 0 N–H and O–H groups in total. The van der Waals surface area contributed by atoms with Gasteiger partial charge in [-0.25, -0.2) is 4.79 Å². The lowest BCUT2D eigenvalue weighted by Gasteiger charge is -2.05. The number of ether oxygens (including phenoxy) is 1. The highest BCUT2D eigenvalue weighted by Crippen LogP contribution is 2.21. The number of aryl methyl sites for hydroxylation is 1. The van der Waals surface area contributed by atoms with Crippen molar-refractivity contribution in [2.24, 2.45) is 5.92 Å². The quantitative estimate of drug-likeness (QED) is 0.610. The molecular weight excluding hydrogens is 240 g/mol. The Morgan fingerprint density at radius 2 is 2.24 bits per heavy atom. The number of carbonyl (C=O) groups excluding carboxylic acids is 1. The average molecular weight is 257 g/mol. The molecule has 0 aliphatic heterocycles. The molecule has 0 aromatic carbocycles. The van der Waals surface area contributed by atoms with Crippen LogP contribution in [0, 0.1) is 12.8 Å². The van der Waals surface area contributed by atoms with Crippen LogP contribution < -0.4 is 0 Å². The van der Waals surface area contributed by atoms with Crippen LogP contribution in [0.25, 0.3) is 6.08 Å². The standard InChI is InChI=1S/C13H17ClO3/c1-8(2)10(7-14)5-11-6-12(9(3)17-11)13(15)16-4/h5-6,8H,7H2,1-4H3. The fourth-order valence-corrected chi connectivity index (χ4v) is 1.82. The van der Waals surface area contributed by atoms with Crippen LogP contribution >= 0.6 is 11.6 Å². The summed E-state index contributed by atoms with van der Waals surface area (Å²) in [4.78, 5) is 11.4. The molecule has 1 aromatic rings. The van der Waals surface area contributed by atoms with Gasteiger partial charge in [0.2, 0.25) is 0 Å². The monoisotopic (exact) mass is 256 g/mol. The molecule has 0 saturated heterocycles. The molecule has 1 aromatic heterocycles. The predicted molar refractivity (Wildman–Crippen MR) is 68.3 cm³/mol. The number of hydrogen-bond acceptors (Lipinski definition) is 3. The van der Waals surface area contributed by atoms with Crippen molar-refractivity contribution in [3.05, 3.63) is 28.7 Å². The number of alkyl halides is 1. The second kappa shape index (κ2) is 5.92. The second-order valence-electron chi connectivity index (χ2n) is 4.12. The first-order chi connectivity index (χ1) is 7.99. The zero-order valence-electron chi connectivity index (χ0n) is 10.5. The summed E-state index contributed by atoms with van der Waals surface area (Å²) in [5, 5.41) is 0. The van der Waals surface area contributed by atoms with E-state index in [4.69, 9.17) is 16.0 Å². The summed E-state index contributed by atoms with van der Waals surface area (Å²) in [6.45, 7) is 5.86. The summed E-state index contributed by atoms with van der Waals surface area (Å²) in [6, 6.07) is 1.68. The fourth-order valence-electron chi connectivity index (χ4n) is 1.43. The van der Waals surface area contributed by atoms with Crippen LogP contribution in [0.4, 0.5) is 0 Å². The van der Waals surface area contributed by atoms with Gasteiger partial charge in [0.25, 0.3) is 0 Å². The van der Waals surface area contributed by atoms with Gasteiger partial charge >= 0.3 is 5.97 Å². The van der Waals surface area contributed by atoms with E-state index in [1.54, 1.807) is 13.0 Å². The van der Waals surface area contributed by atoms with Crippen molar-refractivity contribution in [3.63, 3.8) is 0 Å². The van der Waals surface area contributed by atoms with Crippen LogP contribution in [-0.4, -0.2) is 19.0 Å². The maximum atomic E-state index is 11.4. The van der Waals surface area contributed by atoms with E-state index in [1.807, 2.05) is 6.08 Å². The van der Waals surface area contributed by atoms with Crippen molar-refractivity contribution in [1.82, 2.24) is 0 Å². The van der Waals surface area contributed by atoms with E-state index in [2.05, 4.69) is 18.6 Å². The van der Waals surface area contributed by atoms with E-state index in [0.29, 0.717) is 28.9 Å². The van der Waals surface area contributed by atoms with Crippen molar-refractivity contribution in [1.29, 1.82) is 0 Å². The zero-order valence-corrected chi connectivity index (χ0v) is 11.3. The van der Waals surface area contributed by atoms with E-state index in [1.165, 1.54) is 7.11 Å². The van der Waals surface area contributed by atoms with Crippen molar-refractivity contribution >= 4 is 23.6 Å². The summed E-state index contributed by atoms with van der Waals surface area (Å²) in [7, 11) is 1.35. The lowest BCUT2D eigenvalue weighted by molar-refractivity contribution is 0.0599. The minimum atomic E-state index is -0.386. The van der Waals surface area contributed by atoms with E-state index < -0.39 is 0 Å². The molecule has 1 heterocycles. The summed E-state index contributed by atoms with van der Waals surface area (Å²) in [6.07, 6.45) is 1.87. The first kappa shape index (κ1) is 13.8. The highest BCUT2D eigenvalue weighted by Gasteiger charge is 2.15. The maximum Gasteiger partial charge on any atom is 0.341 e. The van der Waals surface area contributed by atoms with Crippen molar-refractivity contribution in [2.45, 2.75) is 20.8 Å². The Kier molecular flexibility index (Phi) is 4.82. The molecule has 0 aliphatic rings. The van der Waals surface area contributed by atoms with E-state index >= 15 is 0 Å². The smallest absolute Gasteiger partial charge is 0.341 e. The fraction of sp³-hybridized carbons (Fsp3) is 0.462. The normalized spacial score (nSPS) is 12.0. The Hall–Kier alpha value is -1.22. The van der Waals surface area contributed by atoms with Crippen LogP contribution in [0.15, 0.2) is 16.1 Å². The van der Waals surface area contributed by atoms with Gasteiger partial charge in [0.1, 0.15) is 17.1 Å². The molecule has 17 heavy (non-hydrogen) atoms. The topological polar surface area (TPSA) is 39.4 Å². The van der Waals surface area contributed by atoms with E-state index in [-0.39, 0.29) is 5.97 Å². The van der Waals surface area contributed by atoms with Crippen molar-refractivity contribution in [2.75, 3.05) is 13.0 Å². The molecule has 0 aliphatic carbocycles. The van der Waals surface area contributed by atoms with Gasteiger partial charge in [0.05, 0.1) is 7.11 Å². The van der Waals surface area contributed by atoms with Crippen LogP contribution in [0.1, 0.15) is 35.7 Å². The van der Waals surface area contributed by atoms with Gasteiger partial charge in [-0.15, -0.1) is 11.6 Å². The first-order valence-corrected chi connectivity index (χ1v) is 5.98. The molecule has 3 nitrogen and oxygen atoms in total. The molecule has 0 unspecified atom stereocenters. The predicted octanol–water partition coefficient (Wildman–Crippen LogP) is 3.65. The molecule has 0 amide bonds. The second-order valence-corrected chi connectivity index (χ2v) is 4.39. The third-order valence-corrected chi connectivity index (χ3v) is 2.87. The largest absolute Gasteiger partial charge is 0.465 e. The lowest BCUT2D eigenvalue weighted by atomic mass is 10.0. The molecule has 0 bridgehead atoms. The minimum absolute atomic E-state index is 0.347. The van der Waals surface area contributed by atoms with Gasteiger partial charge in [0.15, 0.2) is 0 Å². The Bertz CT molecular complexity index is 430. The number of carbonyl (C=O) groups is 1. The summed E-state index contributed by atoms with van der Waals surface area (Å²) >= 11 is 5.85. The highest BCUT2D eigenvalue weighted by atomic mass is 35.5. The molecule has 1 rings (SSSR count). The van der Waals surface area contributed by atoms with Crippen LogP contribution in [0.5, 0.6) is 0 Å². The molecule has 94 valence electrons. The molecule has 4 heteroatoms. The molecule has 0 spiro atoms. The Morgan fingerprint density at radius 3 is 2.71 bits per heavy atom. The number of allylic oxidation sites excluding steroid dienone is 1. The van der Waals surface area contributed by atoms with Gasteiger partial charge in [-0.2, -0.15) is 0 Å². The minimum Gasteiger partial charge on any atom is -0.465 e. The third kappa shape index (κ3) is 3.37. The molecular formula is C13H17ClO3. The number of methoxy groups -OCH3 is 1. The van der Waals surface area contributed by atoms with Gasteiger partial charge in [-0.3, -0.25) is 0 Å². The number of rotatable bonds is 4. The third-order valence-electron chi connectivity index (χ3n) is 2.57. The van der Waals surface area contributed by atoms with Crippen LogP contribution in [0.2, 0.25) is 0 Å². The highest BCUT2D eigenvalue weighted by molar-refractivity contribution is 6.19.